The summed E-state index contributed by atoms with van der Waals surface area (Å²) in [5.74, 6) is 0.714. The first-order valence-corrected chi connectivity index (χ1v) is 13.6. The second-order valence-corrected chi connectivity index (χ2v) is 10.1. The molecule has 2 aliphatic rings. The first-order chi connectivity index (χ1) is 19.7. The number of rotatable bonds is 7. The number of carbonyl (C=O) groups excluding carboxylic acids is 1. The summed E-state index contributed by atoms with van der Waals surface area (Å²) in [7, 11) is 0. The van der Waals surface area contributed by atoms with Crippen LogP contribution in [-0.2, 0) is 9.53 Å². The quantitative estimate of drug-likeness (QED) is 0.291. The molecule has 9 heteroatoms. The van der Waals surface area contributed by atoms with Crippen LogP contribution in [-0.4, -0.2) is 51.6 Å². The SMILES string of the molecule is O=C(Nc1cccc(-c2nc3ccccn3c2-c2ccnc(Nc3cccc(N4CCOCC4)c3)n2)c1)C1CC1. The Hall–Kier alpha value is -4.76. The Labute approximate surface area is 231 Å². The number of hydrogen-bond donors (Lipinski definition) is 2. The lowest BCUT2D eigenvalue weighted by atomic mass is 10.1. The predicted molar refractivity (Wildman–Crippen MR) is 156 cm³/mol. The van der Waals surface area contributed by atoms with E-state index in [0.29, 0.717) is 5.95 Å². The third-order valence-electron chi connectivity index (χ3n) is 7.26. The molecule has 7 rings (SSSR count). The summed E-state index contributed by atoms with van der Waals surface area (Å²) in [4.78, 5) is 29.1. The Morgan fingerprint density at radius 2 is 1.75 bits per heavy atom. The van der Waals surface area contributed by atoms with Crippen LogP contribution in [0, 0.1) is 5.92 Å². The number of imidazole rings is 1. The van der Waals surface area contributed by atoms with E-state index in [0.717, 1.165) is 84.5 Å². The average molecular weight is 532 g/mol. The van der Waals surface area contributed by atoms with Gasteiger partial charge in [-0.15, -0.1) is 0 Å². The van der Waals surface area contributed by atoms with Crippen molar-refractivity contribution in [3.63, 3.8) is 0 Å². The fourth-order valence-corrected chi connectivity index (χ4v) is 5.06. The van der Waals surface area contributed by atoms with Crippen molar-refractivity contribution in [1.82, 2.24) is 19.4 Å². The second-order valence-electron chi connectivity index (χ2n) is 10.1. The largest absolute Gasteiger partial charge is 0.378 e. The van der Waals surface area contributed by atoms with E-state index in [1.165, 1.54) is 0 Å². The molecule has 0 unspecified atom stereocenters. The Morgan fingerprint density at radius 3 is 2.62 bits per heavy atom. The van der Waals surface area contributed by atoms with Crippen LogP contribution in [0.5, 0.6) is 0 Å². The molecule has 0 radical (unpaired) electrons. The smallest absolute Gasteiger partial charge is 0.227 e. The number of aromatic nitrogens is 4. The highest BCUT2D eigenvalue weighted by Crippen LogP contribution is 2.35. The molecule has 1 aliphatic heterocycles. The maximum absolute atomic E-state index is 12.4. The number of amides is 1. The second kappa shape index (κ2) is 10.4. The molecule has 200 valence electrons. The van der Waals surface area contributed by atoms with E-state index < -0.39 is 0 Å². The van der Waals surface area contributed by atoms with Gasteiger partial charge >= 0.3 is 0 Å². The van der Waals surface area contributed by atoms with Gasteiger partial charge < -0.3 is 20.3 Å². The number of hydrogen-bond acceptors (Lipinski definition) is 7. The summed E-state index contributed by atoms with van der Waals surface area (Å²) in [6.07, 6.45) is 5.67. The molecule has 1 saturated carbocycles. The Morgan fingerprint density at radius 1 is 0.900 bits per heavy atom. The van der Waals surface area contributed by atoms with Gasteiger partial charge in [0, 0.05) is 54.0 Å². The zero-order valence-corrected chi connectivity index (χ0v) is 22.0. The predicted octanol–water partition coefficient (Wildman–Crippen LogP) is 5.39. The number of benzene rings is 2. The van der Waals surface area contributed by atoms with Crippen molar-refractivity contribution >= 4 is 34.6 Å². The van der Waals surface area contributed by atoms with Gasteiger partial charge in [-0.05, 0) is 61.4 Å². The zero-order valence-electron chi connectivity index (χ0n) is 22.0. The van der Waals surface area contributed by atoms with Gasteiger partial charge in [-0.2, -0.15) is 0 Å². The third-order valence-corrected chi connectivity index (χ3v) is 7.26. The number of pyridine rings is 1. The van der Waals surface area contributed by atoms with Crippen LogP contribution in [0.15, 0.2) is 85.2 Å². The first-order valence-electron chi connectivity index (χ1n) is 13.6. The Kier molecular flexibility index (Phi) is 6.33. The molecule has 1 amide bonds. The van der Waals surface area contributed by atoms with Gasteiger partial charge in [-0.25, -0.2) is 15.0 Å². The van der Waals surface area contributed by atoms with Crippen LogP contribution in [0.25, 0.3) is 28.3 Å². The first kappa shape index (κ1) is 24.3. The maximum Gasteiger partial charge on any atom is 0.227 e. The van der Waals surface area contributed by atoms with Crippen LogP contribution >= 0.6 is 0 Å². The maximum atomic E-state index is 12.4. The number of nitrogens with one attached hydrogen (secondary N) is 2. The summed E-state index contributed by atoms with van der Waals surface area (Å²) in [5.41, 5.74) is 6.91. The zero-order chi connectivity index (χ0) is 26.9. The van der Waals surface area contributed by atoms with Crippen molar-refractivity contribution < 1.29 is 9.53 Å². The lowest BCUT2D eigenvalue weighted by Crippen LogP contribution is -2.36. The van der Waals surface area contributed by atoms with Crippen molar-refractivity contribution in [1.29, 1.82) is 0 Å². The summed E-state index contributed by atoms with van der Waals surface area (Å²) < 4.78 is 7.54. The van der Waals surface area contributed by atoms with Gasteiger partial charge in [0.25, 0.3) is 0 Å². The number of ether oxygens (including phenoxy) is 1. The molecule has 1 saturated heterocycles. The minimum atomic E-state index is 0.0802. The van der Waals surface area contributed by atoms with Crippen LogP contribution < -0.4 is 15.5 Å². The molecule has 3 aromatic heterocycles. The van der Waals surface area contributed by atoms with Crippen molar-refractivity contribution in [2.24, 2.45) is 5.92 Å². The van der Waals surface area contributed by atoms with Crippen molar-refractivity contribution in [3.05, 3.63) is 85.2 Å². The summed E-state index contributed by atoms with van der Waals surface area (Å²) in [6.45, 7) is 3.22. The molecule has 0 spiro atoms. The van der Waals surface area contributed by atoms with Crippen LogP contribution in [0.1, 0.15) is 12.8 Å². The molecule has 5 aromatic rings. The summed E-state index contributed by atoms with van der Waals surface area (Å²) in [6, 6.07) is 23.9. The van der Waals surface area contributed by atoms with Gasteiger partial charge in [0.1, 0.15) is 5.65 Å². The standard InChI is InChI=1S/C31H29N7O2/c39-30(21-10-11-21)33-23-6-3-5-22(19-23)28-29(38-14-2-1-9-27(38)36-28)26-12-13-32-31(35-26)34-24-7-4-8-25(20-24)37-15-17-40-18-16-37/h1-9,12-14,19-21H,10-11,15-18H2,(H,33,39)(H,32,34,35). The van der Waals surface area contributed by atoms with E-state index in [4.69, 9.17) is 14.7 Å². The highest BCUT2D eigenvalue weighted by atomic mass is 16.5. The lowest BCUT2D eigenvalue weighted by Gasteiger charge is -2.29. The van der Waals surface area contributed by atoms with E-state index in [2.05, 4.69) is 32.7 Å². The Balaban J connectivity index is 1.23. The van der Waals surface area contributed by atoms with Gasteiger partial charge in [0.2, 0.25) is 11.9 Å². The number of fused-ring (bicyclic) bond motifs is 1. The van der Waals surface area contributed by atoms with E-state index in [9.17, 15) is 4.79 Å². The third kappa shape index (κ3) is 4.99. The molecule has 1 aliphatic carbocycles. The molecule has 40 heavy (non-hydrogen) atoms. The minimum Gasteiger partial charge on any atom is -0.378 e. The summed E-state index contributed by atoms with van der Waals surface area (Å²) in [5, 5.41) is 6.43. The van der Waals surface area contributed by atoms with Gasteiger partial charge in [-0.1, -0.05) is 24.3 Å². The van der Waals surface area contributed by atoms with Crippen molar-refractivity contribution in [2.75, 3.05) is 41.8 Å². The summed E-state index contributed by atoms with van der Waals surface area (Å²) >= 11 is 0. The molecule has 2 aromatic carbocycles. The van der Waals surface area contributed by atoms with Gasteiger partial charge in [0.05, 0.1) is 30.3 Å². The Bertz CT molecular complexity index is 1690. The molecule has 0 bridgehead atoms. The van der Waals surface area contributed by atoms with E-state index >= 15 is 0 Å². The molecular weight excluding hydrogens is 502 g/mol. The van der Waals surface area contributed by atoms with Gasteiger partial charge in [0.15, 0.2) is 0 Å². The minimum absolute atomic E-state index is 0.0802. The monoisotopic (exact) mass is 531 g/mol. The highest BCUT2D eigenvalue weighted by molar-refractivity contribution is 5.95. The lowest BCUT2D eigenvalue weighted by molar-refractivity contribution is -0.117. The van der Waals surface area contributed by atoms with Crippen LogP contribution in [0.3, 0.4) is 0 Å². The molecule has 9 nitrogen and oxygen atoms in total. The normalized spacial score (nSPS) is 15.2. The van der Waals surface area contributed by atoms with Crippen LogP contribution in [0.4, 0.5) is 23.0 Å². The van der Waals surface area contributed by atoms with Crippen LogP contribution in [0.2, 0.25) is 0 Å². The fraction of sp³-hybridized carbons (Fsp3) is 0.226. The topological polar surface area (TPSA) is 96.7 Å². The molecule has 0 atom stereocenters. The average Bonchev–Trinajstić information content (AvgIpc) is 3.78. The number of carbonyl (C=O) groups is 1. The highest BCUT2D eigenvalue weighted by Gasteiger charge is 2.29. The van der Waals surface area contributed by atoms with E-state index in [1.807, 2.05) is 71.3 Å². The molecule has 2 fully saturated rings. The molecule has 4 heterocycles. The van der Waals surface area contributed by atoms with E-state index in [1.54, 1.807) is 6.20 Å². The van der Waals surface area contributed by atoms with Gasteiger partial charge in [-0.3, -0.25) is 9.20 Å². The van der Waals surface area contributed by atoms with Crippen molar-refractivity contribution in [3.8, 4) is 22.6 Å². The fourth-order valence-electron chi connectivity index (χ4n) is 5.06. The number of morpholine rings is 1. The van der Waals surface area contributed by atoms with Crippen molar-refractivity contribution in [2.45, 2.75) is 12.8 Å². The molecular formula is C31H29N7O2. The molecule has 2 N–H and O–H groups in total. The number of nitrogens with zero attached hydrogens (tertiary/aromatic N) is 5. The van der Waals surface area contributed by atoms with E-state index in [-0.39, 0.29) is 11.8 Å². The number of anilines is 4.